The maximum atomic E-state index is 12.4. The number of anilines is 2. The van der Waals surface area contributed by atoms with Crippen LogP contribution in [-0.4, -0.2) is 29.0 Å². The molecule has 1 aromatic carbocycles. The van der Waals surface area contributed by atoms with E-state index in [0.29, 0.717) is 5.95 Å². The second-order valence-corrected chi connectivity index (χ2v) is 4.62. The second-order valence-electron chi connectivity index (χ2n) is 4.62. The fourth-order valence-electron chi connectivity index (χ4n) is 1.58. The van der Waals surface area contributed by atoms with Crippen LogP contribution < -0.4 is 15.4 Å². The normalized spacial score (nSPS) is 11.3. The van der Waals surface area contributed by atoms with Crippen molar-refractivity contribution in [3.63, 3.8) is 0 Å². The molecule has 0 saturated carbocycles. The van der Waals surface area contributed by atoms with Gasteiger partial charge >= 0.3 is 6.18 Å². The third kappa shape index (κ3) is 3.96. The lowest BCUT2D eigenvalue weighted by molar-refractivity contribution is -0.137. The van der Waals surface area contributed by atoms with Crippen LogP contribution in [0.2, 0.25) is 0 Å². The van der Waals surface area contributed by atoms with E-state index >= 15 is 0 Å². The summed E-state index contributed by atoms with van der Waals surface area (Å²) in [7, 11) is 3.49. The van der Waals surface area contributed by atoms with Gasteiger partial charge in [0.05, 0.1) is 5.56 Å². The van der Waals surface area contributed by atoms with E-state index < -0.39 is 11.7 Å². The summed E-state index contributed by atoms with van der Waals surface area (Å²) >= 11 is 0. The highest BCUT2D eigenvalue weighted by Crippen LogP contribution is 2.30. The van der Waals surface area contributed by atoms with E-state index in [9.17, 15) is 13.2 Å². The van der Waals surface area contributed by atoms with Gasteiger partial charge in [-0.05, 0) is 24.3 Å². The van der Waals surface area contributed by atoms with Crippen molar-refractivity contribution in [2.45, 2.75) is 12.8 Å². The summed E-state index contributed by atoms with van der Waals surface area (Å²) in [6.45, 7) is -0.0288. The van der Waals surface area contributed by atoms with Crippen LogP contribution in [0.5, 0.6) is 5.75 Å². The Labute approximate surface area is 124 Å². The Morgan fingerprint density at radius 1 is 1.09 bits per heavy atom. The van der Waals surface area contributed by atoms with Crippen LogP contribution >= 0.6 is 0 Å². The van der Waals surface area contributed by atoms with Gasteiger partial charge in [-0.2, -0.15) is 28.1 Å². The first-order valence-electron chi connectivity index (χ1n) is 6.23. The first-order valence-corrected chi connectivity index (χ1v) is 6.23. The van der Waals surface area contributed by atoms with E-state index in [1.54, 1.807) is 19.0 Å². The first kappa shape index (κ1) is 15.8. The fourth-order valence-corrected chi connectivity index (χ4v) is 1.58. The molecular weight excluding hydrogens is 299 g/mol. The average Bonchev–Trinajstić information content (AvgIpc) is 2.44. The Bertz CT molecular complexity index is 643. The zero-order chi connectivity index (χ0) is 16.3. The molecule has 0 aliphatic rings. The van der Waals surface area contributed by atoms with Gasteiger partial charge in [0.1, 0.15) is 12.4 Å². The summed E-state index contributed by atoms with van der Waals surface area (Å²) < 4.78 is 42.7. The molecule has 2 rings (SSSR count). The molecule has 0 amide bonds. The summed E-state index contributed by atoms with van der Waals surface area (Å²) in [4.78, 5) is 13.6. The van der Waals surface area contributed by atoms with Gasteiger partial charge in [0, 0.05) is 14.1 Å². The van der Waals surface area contributed by atoms with Crippen molar-refractivity contribution in [2.75, 3.05) is 24.7 Å². The van der Waals surface area contributed by atoms with Crippen molar-refractivity contribution >= 4 is 11.9 Å². The molecule has 0 unspecified atom stereocenters. The Balaban J connectivity index is 2.07. The molecule has 0 fully saturated rings. The van der Waals surface area contributed by atoms with Crippen LogP contribution in [0.1, 0.15) is 11.4 Å². The van der Waals surface area contributed by atoms with Crippen LogP contribution in [-0.2, 0) is 12.8 Å². The standard InChI is InChI=1S/C13H14F3N5O/c1-21(2)12-19-10(18-11(17)20-12)7-22-9-5-3-8(4-6-9)13(14,15)16/h3-6H,7H2,1-2H3,(H2,17,18,19,20). The Kier molecular flexibility index (Phi) is 4.34. The Hall–Kier alpha value is -2.58. The number of rotatable bonds is 4. The lowest BCUT2D eigenvalue weighted by Crippen LogP contribution is -2.16. The third-order valence-electron chi connectivity index (χ3n) is 2.64. The summed E-state index contributed by atoms with van der Waals surface area (Å²) in [6.07, 6.45) is -4.37. The molecule has 2 N–H and O–H groups in total. The minimum Gasteiger partial charge on any atom is -0.486 e. The number of halogens is 3. The summed E-state index contributed by atoms with van der Waals surface area (Å²) in [5.74, 6) is 0.984. The molecule has 0 spiro atoms. The molecule has 0 aliphatic carbocycles. The van der Waals surface area contributed by atoms with Gasteiger partial charge in [0.15, 0.2) is 5.82 Å². The minimum atomic E-state index is -4.37. The van der Waals surface area contributed by atoms with E-state index in [0.717, 1.165) is 12.1 Å². The molecule has 0 saturated heterocycles. The number of alkyl halides is 3. The van der Waals surface area contributed by atoms with Gasteiger partial charge in [-0.15, -0.1) is 0 Å². The molecule has 6 nitrogen and oxygen atoms in total. The summed E-state index contributed by atoms with van der Waals surface area (Å²) in [5.41, 5.74) is 4.83. The summed E-state index contributed by atoms with van der Waals surface area (Å²) in [6, 6.07) is 4.37. The number of ether oxygens (including phenoxy) is 1. The number of benzene rings is 1. The van der Waals surface area contributed by atoms with E-state index in [1.165, 1.54) is 12.1 Å². The lowest BCUT2D eigenvalue weighted by Gasteiger charge is -2.12. The smallest absolute Gasteiger partial charge is 0.416 e. The molecule has 9 heteroatoms. The van der Waals surface area contributed by atoms with Crippen molar-refractivity contribution in [2.24, 2.45) is 0 Å². The zero-order valence-electron chi connectivity index (χ0n) is 11.9. The second kappa shape index (κ2) is 6.04. The highest BCUT2D eigenvalue weighted by Gasteiger charge is 2.30. The predicted molar refractivity (Wildman–Crippen MR) is 74.3 cm³/mol. The van der Waals surface area contributed by atoms with Crippen molar-refractivity contribution in [3.05, 3.63) is 35.7 Å². The summed E-state index contributed by atoms with van der Waals surface area (Å²) in [5, 5.41) is 0. The van der Waals surface area contributed by atoms with Gasteiger partial charge in [-0.25, -0.2) is 0 Å². The molecule has 1 heterocycles. The molecule has 0 atom stereocenters. The van der Waals surface area contributed by atoms with Crippen molar-refractivity contribution in [1.82, 2.24) is 15.0 Å². The van der Waals surface area contributed by atoms with Crippen LogP contribution in [0.25, 0.3) is 0 Å². The fraction of sp³-hybridized carbons (Fsp3) is 0.308. The Morgan fingerprint density at radius 3 is 2.27 bits per heavy atom. The van der Waals surface area contributed by atoms with Crippen LogP contribution in [0.15, 0.2) is 24.3 Å². The van der Waals surface area contributed by atoms with E-state index in [2.05, 4.69) is 15.0 Å². The van der Waals surface area contributed by atoms with Crippen molar-refractivity contribution in [3.8, 4) is 5.75 Å². The molecule has 1 aromatic heterocycles. The lowest BCUT2D eigenvalue weighted by atomic mass is 10.2. The number of nitrogens with zero attached hydrogens (tertiary/aromatic N) is 4. The average molecular weight is 313 g/mol. The molecule has 0 aliphatic heterocycles. The van der Waals surface area contributed by atoms with Gasteiger partial charge in [0.25, 0.3) is 0 Å². The van der Waals surface area contributed by atoms with Crippen molar-refractivity contribution in [1.29, 1.82) is 0 Å². The number of nitrogens with two attached hydrogens (primary N) is 1. The van der Waals surface area contributed by atoms with Gasteiger partial charge in [0.2, 0.25) is 11.9 Å². The van der Waals surface area contributed by atoms with E-state index in [4.69, 9.17) is 10.5 Å². The number of nitrogen functional groups attached to an aromatic ring is 1. The first-order chi connectivity index (χ1) is 10.3. The van der Waals surface area contributed by atoms with Gasteiger partial charge in [-0.1, -0.05) is 0 Å². The van der Waals surface area contributed by atoms with Gasteiger partial charge in [-0.3, -0.25) is 0 Å². The molecule has 0 bridgehead atoms. The van der Waals surface area contributed by atoms with Gasteiger partial charge < -0.3 is 15.4 Å². The molecule has 0 radical (unpaired) electrons. The number of aromatic nitrogens is 3. The maximum absolute atomic E-state index is 12.4. The van der Waals surface area contributed by atoms with E-state index in [1.807, 2.05) is 0 Å². The Morgan fingerprint density at radius 2 is 1.73 bits per heavy atom. The van der Waals surface area contributed by atoms with Crippen LogP contribution in [0.4, 0.5) is 25.1 Å². The van der Waals surface area contributed by atoms with Crippen molar-refractivity contribution < 1.29 is 17.9 Å². The third-order valence-corrected chi connectivity index (χ3v) is 2.64. The van der Waals surface area contributed by atoms with E-state index in [-0.39, 0.29) is 24.1 Å². The van der Waals surface area contributed by atoms with Crippen LogP contribution in [0, 0.1) is 0 Å². The highest BCUT2D eigenvalue weighted by molar-refractivity contribution is 5.33. The molecule has 118 valence electrons. The molecule has 22 heavy (non-hydrogen) atoms. The largest absolute Gasteiger partial charge is 0.486 e. The zero-order valence-corrected chi connectivity index (χ0v) is 11.9. The molecule has 2 aromatic rings. The number of hydrogen-bond acceptors (Lipinski definition) is 6. The monoisotopic (exact) mass is 313 g/mol. The quantitative estimate of drug-likeness (QED) is 0.931. The predicted octanol–water partition coefficient (Wildman–Crippen LogP) is 2.12. The SMILES string of the molecule is CN(C)c1nc(N)nc(COc2ccc(C(F)(F)F)cc2)n1. The topological polar surface area (TPSA) is 77.2 Å². The maximum Gasteiger partial charge on any atom is 0.416 e. The number of hydrogen-bond donors (Lipinski definition) is 1. The minimum absolute atomic E-state index is 0.0288. The highest BCUT2D eigenvalue weighted by atomic mass is 19.4. The molecular formula is C13H14F3N5O. The van der Waals surface area contributed by atoms with Crippen LogP contribution in [0.3, 0.4) is 0 Å².